The molecule has 0 unspecified atom stereocenters. The zero-order valence-corrected chi connectivity index (χ0v) is 13.5. The second kappa shape index (κ2) is 6.43. The molecule has 0 aromatic carbocycles. The number of likely N-dealkylation sites (N-methyl/N-ethyl adjacent to an activating group) is 1. The lowest BCUT2D eigenvalue weighted by Gasteiger charge is -2.36. The highest BCUT2D eigenvalue weighted by molar-refractivity contribution is 5.99. The molecule has 1 saturated carbocycles. The number of nitrogens with one attached hydrogen (secondary N) is 2. The van der Waals surface area contributed by atoms with Crippen LogP contribution >= 0.6 is 0 Å². The van der Waals surface area contributed by atoms with E-state index < -0.39 is 0 Å². The largest absolute Gasteiger partial charge is 0.387 e. The van der Waals surface area contributed by atoms with Crippen molar-refractivity contribution in [2.45, 2.75) is 38.1 Å². The molecular formula is C16H26N4O. The Morgan fingerprint density at radius 1 is 1.38 bits per heavy atom. The molecule has 1 aliphatic carbocycles. The number of hydrogen-bond donors (Lipinski definition) is 2. The van der Waals surface area contributed by atoms with Crippen molar-refractivity contribution < 1.29 is 4.79 Å². The first-order valence-corrected chi connectivity index (χ1v) is 7.58. The van der Waals surface area contributed by atoms with E-state index in [2.05, 4.69) is 34.6 Å². The van der Waals surface area contributed by atoms with Gasteiger partial charge in [0, 0.05) is 31.0 Å². The number of pyridine rings is 1. The molecule has 1 amide bonds. The minimum absolute atomic E-state index is 0.0556. The summed E-state index contributed by atoms with van der Waals surface area (Å²) in [6, 6.07) is 1.90. The molecule has 2 N–H and O–H groups in total. The Balaban J connectivity index is 2.08. The topological polar surface area (TPSA) is 57.3 Å². The van der Waals surface area contributed by atoms with Crippen LogP contribution in [-0.4, -0.2) is 49.0 Å². The molecule has 0 bridgehead atoms. The van der Waals surface area contributed by atoms with Gasteiger partial charge in [-0.15, -0.1) is 0 Å². The second-order valence-electron chi connectivity index (χ2n) is 6.13. The molecule has 0 spiro atoms. The number of aromatic nitrogens is 1. The average Bonchev–Trinajstić information content (AvgIpc) is 2.94. The number of carbonyl (C=O) groups is 1. The molecule has 1 heterocycles. The summed E-state index contributed by atoms with van der Waals surface area (Å²) in [7, 11) is 6.03. The van der Waals surface area contributed by atoms with Crippen molar-refractivity contribution >= 4 is 11.6 Å². The Bertz CT molecular complexity index is 507. The van der Waals surface area contributed by atoms with E-state index in [0.717, 1.165) is 24.2 Å². The predicted molar refractivity (Wildman–Crippen MR) is 85.7 cm³/mol. The van der Waals surface area contributed by atoms with Gasteiger partial charge in [0.2, 0.25) is 0 Å². The lowest BCUT2D eigenvalue weighted by atomic mass is 9.96. The SMILES string of the molecule is CNc1cc(C)ncc1C(=O)NCC1(N(C)C)CCCC1. The van der Waals surface area contributed by atoms with E-state index >= 15 is 0 Å². The summed E-state index contributed by atoms with van der Waals surface area (Å²) in [5, 5.41) is 6.16. The third-order valence-electron chi connectivity index (χ3n) is 4.62. The van der Waals surface area contributed by atoms with Crippen LogP contribution in [0.4, 0.5) is 5.69 Å². The minimum Gasteiger partial charge on any atom is -0.387 e. The van der Waals surface area contributed by atoms with Gasteiger partial charge >= 0.3 is 0 Å². The van der Waals surface area contributed by atoms with Crippen LogP contribution in [0.15, 0.2) is 12.3 Å². The molecule has 1 aliphatic rings. The predicted octanol–water partition coefficient (Wildman–Crippen LogP) is 2.04. The van der Waals surface area contributed by atoms with Gasteiger partial charge in [-0.25, -0.2) is 0 Å². The van der Waals surface area contributed by atoms with Gasteiger partial charge in [-0.2, -0.15) is 0 Å². The standard InChI is InChI=1S/C16H26N4O/c1-12-9-14(17-2)13(10-18-12)15(21)19-11-16(20(3)4)7-5-6-8-16/h9-10H,5-8,11H2,1-4H3,(H,17,18)(H,19,21). The Kier molecular flexibility index (Phi) is 4.83. The first kappa shape index (κ1) is 15.8. The maximum absolute atomic E-state index is 12.4. The zero-order chi connectivity index (χ0) is 15.5. The number of carbonyl (C=O) groups excluding carboxylic acids is 1. The van der Waals surface area contributed by atoms with E-state index in [0.29, 0.717) is 12.1 Å². The molecule has 2 rings (SSSR count). The van der Waals surface area contributed by atoms with Crippen LogP contribution in [0, 0.1) is 6.92 Å². The van der Waals surface area contributed by atoms with Gasteiger partial charge in [0.1, 0.15) is 0 Å². The molecule has 1 fully saturated rings. The highest BCUT2D eigenvalue weighted by Gasteiger charge is 2.36. The van der Waals surface area contributed by atoms with Gasteiger partial charge in [0.25, 0.3) is 5.91 Å². The van der Waals surface area contributed by atoms with Crippen molar-refractivity contribution in [2.75, 3.05) is 33.0 Å². The maximum atomic E-state index is 12.4. The molecule has 21 heavy (non-hydrogen) atoms. The normalized spacial score (nSPS) is 17.0. The third-order valence-corrected chi connectivity index (χ3v) is 4.62. The first-order valence-electron chi connectivity index (χ1n) is 7.58. The van der Waals surface area contributed by atoms with E-state index in [4.69, 9.17) is 0 Å². The number of hydrogen-bond acceptors (Lipinski definition) is 4. The summed E-state index contributed by atoms with van der Waals surface area (Å²) >= 11 is 0. The van der Waals surface area contributed by atoms with Gasteiger partial charge < -0.3 is 15.5 Å². The van der Waals surface area contributed by atoms with Crippen molar-refractivity contribution in [1.82, 2.24) is 15.2 Å². The fourth-order valence-corrected chi connectivity index (χ4v) is 3.10. The smallest absolute Gasteiger partial charge is 0.255 e. The monoisotopic (exact) mass is 290 g/mol. The molecule has 1 aromatic heterocycles. The zero-order valence-electron chi connectivity index (χ0n) is 13.5. The Morgan fingerprint density at radius 3 is 2.62 bits per heavy atom. The van der Waals surface area contributed by atoms with E-state index in [1.807, 2.05) is 20.0 Å². The fourth-order valence-electron chi connectivity index (χ4n) is 3.10. The number of anilines is 1. The molecule has 0 atom stereocenters. The number of nitrogens with zero attached hydrogens (tertiary/aromatic N) is 2. The maximum Gasteiger partial charge on any atom is 0.255 e. The molecule has 0 radical (unpaired) electrons. The van der Waals surface area contributed by atoms with Crippen molar-refractivity contribution in [1.29, 1.82) is 0 Å². The summed E-state index contributed by atoms with van der Waals surface area (Å²) in [6.07, 6.45) is 6.41. The van der Waals surface area contributed by atoms with Crippen LogP contribution in [0.25, 0.3) is 0 Å². The van der Waals surface area contributed by atoms with E-state index in [-0.39, 0.29) is 11.4 Å². The van der Waals surface area contributed by atoms with Gasteiger partial charge in [0.05, 0.1) is 11.3 Å². The third kappa shape index (κ3) is 3.35. The fraction of sp³-hybridized carbons (Fsp3) is 0.625. The molecule has 0 saturated heterocycles. The van der Waals surface area contributed by atoms with Gasteiger partial charge in [-0.3, -0.25) is 9.78 Å². The number of rotatable bonds is 5. The Hall–Kier alpha value is -1.62. The molecule has 0 aliphatic heterocycles. The van der Waals surface area contributed by atoms with Crippen molar-refractivity contribution in [2.24, 2.45) is 0 Å². The molecule has 5 heteroatoms. The molecule has 5 nitrogen and oxygen atoms in total. The van der Waals surface area contributed by atoms with Crippen molar-refractivity contribution in [3.63, 3.8) is 0 Å². The average molecular weight is 290 g/mol. The van der Waals surface area contributed by atoms with Gasteiger partial charge in [-0.05, 0) is 39.9 Å². The number of aryl methyl sites for hydroxylation is 1. The van der Waals surface area contributed by atoms with E-state index in [1.165, 1.54) is 12.8 Å². The van der Waals surface area contributed by atoms with Crippen LogP contribution in [0.3, 0.4) is 0 Å². The van der Waals surface area contributed by atoms with Crippen LogP contribution in [0.2, 0.25) is 0 Å². The first-order chi connectivity index (χ1) is 9.98. The highest BCUT2D eigenvalue weighted by Crippen LogP contribution is 2.33. The second-order valence-corrected chi connectivity index (χ2v) is 6.13. The molecular weight excluding hydrogens is 264 g/mol. The molecule has 116 valence electrons. The van der Waals surface area contributed by atoms with Crippen LogP contribution in [-0.2, 0) is 0 Å². The van der Waals surface area contributed by atoms with E-state index in [1.54, 1.807) is 6.20 Å². The van der Waals surface area contributed by atoms with Crippen molar-refractivity contribution in [3.05, 3.63) is 23.5 Å². The van der Waals surface area contributed by atoms with Gasteiger partial charge in [0.15, 0.2) is 0 Å². The quantitative estimate of drug-likeness (QED) is 0.871. The summed E-state index contributed by atoms with van der Waals surface area (Å²) in [6.45, 7) is 2.61. The minimum atomic E-state index is -0.0556. The summed E-state index contributed by atoms with van der Waals surface area (Å²) in [5.74, 6) is -0.0556. The summed E-state index contributed by atoms with van der Waals surface area (Å²) in [5.41, 5.74) is 2.44. The van der Waals surface area contributed by atoms with Crippen LogP contribution in [0.1, 0.15) is 41.7 Å². The summed E-state index contributed by atoms with van der Waals surface area (Å²) < 4.78 is 0. The van der Waals surface area contributed by atoms with Crippen LogP contribution in [0.5, 0.6) is 0 Å². The van der Waals surface area contributed by atoms with Crippen molar-refractivity contribution in [3.8, 4) is 0 Å². The lowest BCUT2D eigenvalue weighted by molar-refractivity contribution is 0.0900. The highest BCUT2D eigenvalue weighted by atomic mass is 16.1. The van der Waals surface area contributed by atoms with Gasteiger partial charge in [-0.1, -0.05) is 12.8 Å². The van der Waals surface area contributed by atoms with E-state index in [9.17, 15) is 4.79 Å². The summed E-state index contributed by atoms with van der Waals surface area (Å²) in [4.78, 5) is 18.9. The van der Waals surface area contributed by atoms with Crippen LogP contribution < -0.4 is 10.6 Å². The molecule has 1 aromatic rings. The Labute approximate surface area is 127 Å². The Morgan fingerprint density at radius 2 is 2.05 bits per heavy atom. The lowest BCUT2D eigenvalue weighted by Crippen LogP contribution is -2.50. The number of amides is 1.